The molecule has 1 aromatic heterocycles. The molecule has 8 nitrogen and oxygen atoms in total. The lowest BCUT2D eigenvalue weighted by Gasteiger charge is -2.35. The number of ether oxygens (including phenoxy) is 1. The predicted octanol–water partition coefficient (Wildman–Crippen LogP) is 2.72. The van der Waals surface area contributed by atoms with E-state index < -0.39 is 39.5 Å². The van der Waals surface area contributed by atoms with E-state index in [9.17, 15) is 18.0 Å². The number of likely N-dealkylation sites (N-methyl/N-ethyl adjacent to an activating group) is 2. The Balaban J connectivity index is 3.06. The lowest BCUT2D eigenvalue weighted by molar-refractivity contribution is -0.138. The van der Waals surface area contributed by atoms with E-state index >= 15 is 0 Å². The average molecular weight is 417 g/mol. The molecule has 0 saturated carbocycles. The zero-order chi connectivity index (χ0) is 21.9. The second-order valence-electron chi connectivity index (χ2n) is 8.25. The summed E-state index contributed by atoms with van der Waals surface area (Å²) in [6.07, 6.45) is 2.02. The quantitative estimate of drug-likeness (QED) is 0.678. The minimum atomic E-state index is -3.25. The summed E-state index contributed by atoms with van der Waals surface area (Å²) in [6, 6.07) is 1.99. The third-order valence-electron chi connectivity index (χ3n) is 4.32. The number of sulfone groups is 1. The van der Waals surface area contributed by atoms with Gasteiger partial charge in [-0.25, -0.2) is 13.2 Å². The highest BCUT2D eigenvalue weighted by molar-refractivity contribution is 7.90. The van der Waals surface area contributed by atoms with Crippen LogP contribution in [0.3, 0.4) is 0 Å². The molecule has 1 rings (SSSR count). The largest absolute Gasteiger partial charge is 0.467 e. The molecule has 0 aliphatic heterocycles. The summed E-state index contributed by atoms with van der Waals surface area (Å²) in [5.74, 6) is -0.380. The van der Waals surface area contributed by atoms with Gasteiger partial charge in [-0.1, -0.05) is 6.92 Å². The monoisotopic (exact) mass is 416 g/mol. The van der Waals surface area contributed by atoms with Crippen molar-refractivity contribution in [2.45, 2.75) is 52.3 Å². The number of rotatable bonds is 7. The Hall–Kier alpha value is -2.03. The van der Waals surface area contributed by atoms with Crippen LogP contribution < -0.4 is 0 Å². The third-order valence-corrected chi connectivity index (χ3v) is 5.46. The van der Waals surface area contributed by atoms with E-state index in [4.69, 9.17) is 9.15 Å². The van der Waals surface area contributed by atoms with E-state index in [1.807, 2.05) is 0 Å². The van der Waals surface area contributed by atoms with E-state index in [1.165, 1.54) is 23.1 Å². The molecule has 1 aromatic rings. The number of hydrogen-bond acceptors (Lipinski definition) is 6. The lowest BCUT2D eigenvalue weighted by atomic mass is 9.99. The smallest absolute Gasteiger partial charge is 0.410 e. The van der Waals surface area contributed by atoms with Crippen molar-refractivity contribution in [3.05, 3.63) is 24.2 Å². The fourth-order valence-corrected chi connectivity index (χ4v) is 4.11. The van der Waals surface area contributed by atoms with Gasteiger partial charge in [-0.15, -0.1) is 0 Å². The van der Waals surface area contributed by atoms with Crippen LogP contribution in [0.2, 0.25) is 0 Å². The van der Waals surface area contributed by atoms with Crippen molar-refractivity contribution in [3.63, 3.8) is 0 Å². The summed E-state index contributed by atoms with van der Waals surface area (Å²) in [5.41, 5.74) is -0.680. The Morgan fingerprint density at radius 3 is 2.18 bits per heavy atom. The van der Waals surface area contributed by atoms with E-state index in [-0.39, 0.29) is 11.7 Å². The number of carbonyl (C=O) groups is 2. The van der Waals surface area contributed by atoms with E-state index in [1.54, 1.807) is 53.8 Å². The summed E-state index contributed by atoms with van der Waals surface area (Å²) in [6.45, 7) is 8.59. The van der Waals surface area contributed by atoms with Gasteiger partial charge in [-0.2, -0.15) is 0 Å². The Morgan fingerprint density at radius 2 is 1.75 bits per heavy atom. The van der Waals surface area contributed by atoms with Crippen LogP contribution in [-0.2, 0) is 19.4 Å². The molecule has 0 fully saturated rings. The predicted molar refractivity (Wildman–Crippen MR) is 107 cm³/mol. The van der Waals surface area contributed by atoms with Crippen LogP contribution in [-0.4, -0.2) is 68.0 Å². The van der Waals surface area contributed by atoms with Gasteiger partial charge in [0.15, 0.2) is 0 Å². The lowest BCUT2D eigenvalue weighted by Crippen LogP contribution is -2.49. The van der Waals surface area contributed by atoms with Crippen molar-refractivity contribution < 1.29 is 27.2 Å². The molecule has 0 aliphatic rings. The van der Waals surface area contributed by atoms with Gasteiger partial charge in [0, 0.05) is 20.4 Å². The maximum atomic E-state index is 13.0. The van der Waals surface area contributed by atoms with Crippen molar-refractivity contribution in [3.8, 4) is 0 Å². The maximum absolute atomic E-state index is 13.0. The molecule has 28 heavy (non-hydrogen) atoms. The number of hydrogen-bond donors (Lipinski definition) is 0. The fourth-order valence-electron chi connectivity index (χ4n) is 2.97. The first-order chi connectivity index (χ1) is 12.6. The van der Waals surface area contributed by atoms with Crippen molar-refractivity contribution >= 4 is 21.8 Å². The molecule has 0 aliphatic carbocycles. The highest BCUT2D eigenvalue weighted by Gasteiger charge is 2.35. The van der Waals surface area contributed by atoms with Crippen LogP contribution in [0, 0.1) is 5.92 Å². The Labute approximate surface area is 167 Å². The molecule has 0 bridgehead atoms. The van der Waals surface area contributed by atoms with Gasteiger partial charge < -0.3 is 14.1 Å². The van der Waals surface area contributed by atoms with Crippen LogP contribution in [0.4, 0.5) is 4.79 Å². The second kappa shape index (κ2) is 8.98. The van der Waals surface area contributed by atoms with E-state index in [0.717, 1.165) is 6.26 Å². The first-order valence-corrected chi connectivity index (χ1v) is 11.1. The molecule has 0 spiro atoms. The molecule has 3 unspecified atom stereocenters. The number of nitrogens with zero attached hydrogens (tertiary/aromatic N) is 2. The summed E-state index contributed by atoms with van der Waals surface area (Å²) in [7, 11) is -0.184. The zero-order valence-corrected chi connectivity index (χ0v) is 18.7. The van der Waals surface area contributed by atoms with Gasteiger partial charge in [0.2, 0.25) is 5.91 Å². The first-order valence-electron chi connectivity index (χ1n) is 9.07. The van der Waals surface area contributed by atoms with Crippen LogP contribution in [0.1, 0.15) is 46.4 Å². The summed E-state index contributed by atoms with van der Waals surface area (Å²) >= 11 is 0. The SMILES string of the molecule is CC(CS(C)(=O)=O)C(c1ccco1)N(C)C(=O)C(C)N(C)C(=O)OC(C)(C)C. The van der Waals surface area contributed by atoms with Gasteiger partial charge in [0.25, 0.3) is 0 Å². The first kappa shape index (κ1) is 24.0. The molecule has 160 valence electrons. The normalized spacial score (nSPS) is 15.4. The molecular weight excluding hydrogens is 384 g/mol. The van der Waals surface area contributed by atoms with Crippen molar-refractivity contribution in [2.24, 2.45) is 5.92 Å². The molecular formula is C19H32N2O6S. The van der Waals surface area contributed by atoms with Crippen molar-refractivity contribution in [1.82, 2.24) is 9.80 Å². The molecule has 9 heteroatoms. The second-order valence-corrected chi connectivity index (χ2v) is 10.4. The van der Waals surface area contributed by atoms with Gasteiger partial charge in [-0.05, 0) is 45.7 Å². The van der Waals surface area contributed by atoms with Crippen molar-refractivity contribution in [2.75, 3.05) is 26.1 Å². The van der Waals surface area contributed by atoms with Crippen molar-refractivity contribution in [1.29, 1.82) is 0 Å². The minimum Gasteiger partial charge on any atom is -0.467 e. The summed E-state index contributed by atoms with van der Waals surface area (Å²) < 4.78 is 34.3. The van der Waals surface area contributed by atoms with E-state index in [0.29, 0.717) is 5.76 Å². The summed E-state index contributed by atoms with van der Waals surface area (Å²) in [4.78, 5) is 28.0. The highest BCUT2D eigenvalue weighted by atomic mass is 32.2. The Bertz CT molecular complexity index is 767. The molecule has 3 atom stereocenters. The topological polar surface area (TPSA) is 97.1 Å². The molecule has 1 heterocycles. The molecule has 0 aromatic carbocycles. The van der Waals surface area contributed by atoms with E-state index in [2.05, 4.69) is 0 Å². The minimum absolute atomic E-state index is 0.105. The molecule has 0 radical (unpaired) electrons. The molecule has 2 amide bonds. The van der Waals surface area contributed by atoms with Gasteiger partial charge in [0.1, 0.15) is 27.2 Å². The van der Waals surface area contributed by atoms with Gasteiger partial charge in [-0.3, -0.25) is 9.69 Å². The zero-order valence-electron chi connectivity index (χ0n) is 17.9. The summed E-state index contributed by atoms with van der Waals surface area (Å²) in [5, 5.41) is 0. The number of carbonyl (C=O) groups excluding carboxylic acids is 2. The fraction of sp³-hybridized carbons (Fsp3) is 0.684. The molecule has 0 saturated heterocycles. The average Bonchev–Trinajstić information content (AvgIpc) is 3.03. The Kier molecular flexibility index (Phi) is 7.70. The third kappa shape index (κ3) is 6.85. The van der Waals surface area contributed by atoms with Crippen LogP contribution in [0.15, 0.2) is 22.8 Å². The standard InChI is InChI=1S/C19H32N2O6S/c1-13(12-28(8,24)25)16(15-10-9-11-26-15)21(7)17(22)14(2)20(6)18(23)27-19(3,4)5/h9-11,13-14,16H,12H2,1-8H3. The maximum Gasteiger partial charge on any atom is 0.410 e. The van der Waals surface area contributed by atoms with Gasteiger partial charge in [0.05, 0.1) is 18.1 Å². The molecule has 0 N–H and O–H groups in total. The van der Waals surface area contributed by atoms with Crippen LogP contribution in [0.5, 0.6) is 0 Å². The number of furan rings is 1. The van der Waals surface area contributed by atoms with Crippen LogP contribution in [0.25, 0.3) is 0 Å². The van der Waals surface area contributed by atoms with Crippen LogP contribution >= 0.6 is 0 Å². The highest BCUT2D eigenvalue weighted by Crippen LogP contribution is 2.30. The number of amides is 2. The van der Waals surface area contributed by atoms with Gasteiger partial charge >= 0.3 is 6.09 Å². The Morgan fingerprint density at radius 1 is 1.18 bits per heavy atom.